The number of aromatic nitrogens is 1. The van der Waals surface area contributed by atoms with Gasteiger partial charge in [-0.2, -0.15) is 0 Å². The summed E-state index contributed by atoms with van der Waals surface area (Å²) in [5, 5.41) is 0. The molecular weight excluding hydrogens is 288 g/mol. The Labute approximate surface area is 138 Å². The van der Waals surface area contributed by atoms with Crippen molar-refractivity contribution in [2.24, 2.45) is 5.92 Å². The number of piperidine rings is 1. The van der Waals surface area contributed by atoms with Crippen LogP contribution in [0, 0.1) is 5.92 Å². The Morgan fingerprint density at radius 3 is 2.57 bits per heavy atom. The first-order valence-electron chi connectivity index (χ1n) is 8.64. The maximum Gasteiger partial charge on any atom is 0.255 e. The molecule has 2 unspecified atom stereocenters. The number of hydrogen-bond donors (Lipinski definition) is 0. The van der Waals surface area contributed by atoms with Crippen molar-refractivity contribution in [3.63, 3.8) is 0 Å². The minimum absolute atomic E-state index is 0.121. The molecule has 4 heteroatoms. The van der Waals surface area contributed by atoms with Crippen molar-refractivity contribution in [2.75, 3.05) is 6.61 Å². The summed E-state index contributed by atoms with van der Waals surface area (Å²) in [6, 6.07) is 4.38. The van der Waals surface area contributed by atoms with Gasteiger partial charge < -0.3 is 9.64 Å². The second kappa shape index (κ2) is 6.73. The highest BCUT2D eigenvalue weighted by molar-refractivity contribution is 5.94. The van der Waals surface area contributed by atoms with Crippen LogP contribution in [-0.2, 0) is 0 Å². The predicted molar refractivity (Wildman–Crippen MR) is 90.5 cm³/mol. The summed E-state index contributed by atoms with van der Waals surface area (Å²) in [6.45, 7) is 6.95. The van der Waals surface area contributed by atoms with Crippen molar-refractivity contribution in [3.05, 3.63) is 35.5 Å². The second-order valence-electron chi connectivity index (χ2n) is 7.04. The first kappa shape index (κ1) is 16.0. The molecule has 0 saturated carbocycles. The number of hydrogen-bond acceptors (Lipinski definition) is 3. The second-order valence-corrected chi connectivity index (χ2v) is 7.04. The van der Waals surface area contributed by atoms with Gasteiger partial charge in [0.05, 0.1) is 12.2 Å². The summed E-state index contributed by atoms with van der Waals surface area (Å²) in [4.78, 5) is 19.2. The van der Waals surface area contributed by atoms with Gasteiger partial charge in [-0.3, -0.25) is 4.79 Å². The summed E-state index contributed by atoms with van der Waals surface area (Å²) in [5.41, 5.74) is 2.17. The fourth-order valence-corrected chi connectivity index (χ4v) is 3.61. The van der Waals surface area contributed by atoms with Gasteiger partial charge in [-0.05, 0) is 44.6 Å². The summed E-state index contributed by atoms with van der Waals surface area (Å²) >= 11 is 0. The molecule has 2 aliphatic heterocycles. The van der Waals surface area contributed by atoms with Gasteiger partial charge in [0.1, 0.15) is 0 Å². The normalized spacial score (nSPS) is 23.3. The number of fused-ring (bicyclic) bond motifs is 2. The van der Waals surface area contributed by atoms with E-state index in [0.717, 1.165) is 25.7 Å². The van der Waals surface area contributed by atoms with Crippen LogP contribution in [0.3, 0.4) is 0 Å². The predicted octanol–water partition coefficient (Wildman–Crippen LogP) is 3.83. The standard InChI is InChI=1S/C19H26N2O2/c1-4-14-9-16-6-7-17(10-14)21(16)19(22)15-5-8-18(20-11-15)23-12-13(2)3/h4-5,8,11,13,16-17H,6-7,9-10,12H2,1-3H3. The monoisotopic (exact) mass is 314 g/mol. The molecule has 4 nitrogen and oxygen atoms in total. The van der Waals surface area contributed by atoms with Gasteiger partial charge in [0.25, 0.3) is 5.91 Å². The van der Waals surface area contributed by atoms with E-state index in [1.165, 1.54) is 5.57 Å². The first-order valence-corrected chi connectivity index (χ1v) is 8.64. The van der Waals surface area contributed by atoms with Gasteiger partial charge in [-0.15, -0.1) is 0 Å². The van der Waals surface area contributed by atoms with Crippen molar-refractivity contribution in [1.82, 2.24) is 9.88 Å². The molecule has 2 aliphatic rings. The zero-order chi connectivity index (χ0) is 16.4. The molecule has 2 atom stereocenters. The van der Waals surface area contributed by atoms with E-state index in [-0.39, 0.29) is 5.91 Å². The summed E-state index contributed by atoms with van der Waals surface area (Å²) in [7, 11) is 0. The molecule has 0 aromatic carbocycles. The number of ether oxygens (including phenoxy) is 1. The van der Waals surface area contributed by atoms with Crippen LogP contribution in [0.4, 0.5) is 0 Å². The number of nitrogens with zero attached hydrogens (tertiary/aromatic N) is 2. The molecule has 2 fully saturated rings. The fourth-order valence-electron chi connectivity index (χ4n) is 3.61. The molecule has 0 N–H and O–H groups in total. The van der Waals surface area contributed by atoms with Gasteiger partial charge >= 0.3 is 0 Å². The first-order chi connectivity index (χ1) is 11.1. The van der Waals surface area contributed by atoms with Crippen molar-refractivity contribution in [3.8, 4) is 5.88 Å². The fraction of sp³-hybridized carbons (Fsp3) is 0.579. The van der Waals surface area contributed by atoms with E-state index < -0.39 is 0 Å². The molecule has 0 radical (unpaired) electrons. The molecule has 0 spiro atoms. The average Bonchev–Trinajstić information content (AvgIpc) is 2.82. The summed E-state index contributed by atoms with van der Waals surface area (Å²) < 4.78 is 5.59. The van der Waals surface area contributed by atoms with E-state index in [9.17, 15) is 4.79 Å². The lowest BCUT2D eigenvalue weighted by molar-refractivity contribution is 0.0634. The Morgan fingerprint density at radius 1 is 1.35 bits per heavy atom. The van der Waals surface area contributed by atoms with E-state index in [0.29, 0.717) is 36.1 Å². The van der Waals surface area contributed by atoms with Crippen molar-refractivity contribution >= 4 is 5.91 Å². The van der Waals surface area contributed by atoms with Crippen LogP contribution in [-0.4, -0.2) is 34.5 Å². The van der Waals surface area contributed by atoms with Crippen LogP contribution in [0.25, 0.3) is 0 Å². The number of carbonyl (C=O) groups excluding carboxylic acids is 1. The van der Waals surface area contributed by atoms with Crippen LogP contribution >= 0.6 is 0 Å². The Morgan fingerprint density at radius 2 is 2.04 bits per heavy atom. The largest absolute Gasteiger partial charge is 0.477 e. The number of pyridine rings is 1. The van der Waals surface area contributed by atoms with Crippen molar-refractivity contribution in [1.29, 1.82) is 0 Å². The van der Waals surface area contributed by atoms with E-state index in [4.69, 9.17) is 4.74 Å². The summed E-state index contributed by atoms with van der Waals surface area (Å²) in [5.74, 6) is 1.17. The van der Waals surface area contributed by atoms with E-state index in [1.54, 1.807) is 12.3 Å². The van der Waals surface area contributed by atoms with Crippen LogP contribution in [0.5, 0.6) is 5.88 Å². The molecule has 2 bridgehead atoms. The van der Waals surface area contributed by atoms with E-state index in [2.05, 4.69) is 36.7 Å². The van der Waals surface area contributed by atoms with Gasteiger partial charge in [0.2, 0.25) is 5.88 Å². The Hall–Kier alpha value is -1.84. The lowest BCUT2D eigenvalue weighted by Crippen LogP contribution is -2.44. The molecule has 3 rings (SSSR count). The highest BCUT2D eigenvalue weighted by atomic mass is 16.5. The van der Waals surface area contributed by atoms with Gasteiger partial charge in [0, 0.05) is 24.3 Å². The maximum atomic E-state index is 12.9. The third-order valence-corrected chi connectivity index (χ3v) is 4.81. The lowest BCUT2D eigenvalue weighted by Gasteiger charge is -2.36. The Bertz CT molecular complexity index is 576. The number of rotatable bonds is 4. The van der Waals surface area contributed by atoms with Gasteiger partial charge in [-0.25, -0.2) is 4.98 Å². The molecule has 23 heavy (non-hydrogen) atoms. The Balaban J connectivity index is 1.69. The third kappa shape index (κ3) is 3.41. The van der Waals surface area contributed by atoms with Gasteiger partial charge in [-0.1, -0.05) is 25.5 Å². The lowest BCUT2D eigenvalue weighted by atomic mass is 9.96. The molecule has 1 amide bonds. The van der Waals surface area contributed by atoms with Crippen molar-refractivity contribution < 1.29 is 9.53 Å². The number of carbonyl (C=O) groups is 1. The molecule has 124 valence electrons. The van der Waals surface area contributed by atoms with Crippen LogP contribution in [0.15, 0.2) is 30.0 Å². The van der Waals surface area contributed by atoms with Crippen LogP contribution < -0.4 is 4.74 Å². The number of amides is 1. The van der Waals surface area contributed by atoms with Crippen molar-refractivity contribution in [2.45, 2.75) is 58.5 Å². The highest BCUT2D eigenvalue weighted by Gasteiger charge is 2.41. The topological polar surface area (TPSA) is 42.4 Å². The van der Waals surface area contributed by atoms with Gasteiger partial charge in [0.15, 0.2) is 0 Å². The average molecular weight is 314 g/mol. The maximum absolute atomic E-state index is 12.9. The number of allylic oxidation sites excluding steroid dienone is 1. The summed E-state index contributed by atoms with van der Waals surface area (Å²) in [6.07, 6.45) is 8.18. The third-order valence-electron chi connectivity index (χ3n) is 4.81. The highest BCUT2D eigenvalue weighted by Crippen LogP contribution is 2.39. The molecule has 3 heterocycles. The Kier molecular flexibility index (Phi) is 4.69. The smallest absolute Gasteiger partial charge is 0.255 e. The molecule has 1 aromatic rings. The van der Waals surface area contributed by atoms with Crippen LogP contribution in [0.1, 0.15) is 56.8 Å². The quantitative estimate of drug-likeness (QED) is 0.793. The van der Waals surface area contributed by atoms with E-state index in [1.807, 2.05) is 6.07 Å². The SMILES string of the molecule is CC=C1CC2CCC(C1)N2C(=O)c1ccc(OCC(C)C)nc1. The zero-order valence-corrected chi connectivity index (χ0v) is 14.3. The molecule has 0 aliphatic carbocycles. The zero-order valence-electron chi connectivity index (χ0n) is 14.3. The molecular formula is C19H26N2O2. The molecule has 2 saturated heterocycles. The van der Waals surface area contributed by atoms with Crippen LogP contribution in [0.2, 0.25) is 0 Å². The van der Waals surface area contributed by atoms with E-state index >= 15 is 0 Å². The molecule has 1 aromatic heterocycles. The minimum Gasteiger partial charge on any atom is -0.477 e. The minimum atomic E-state index is 0.121.